The molecule has 1 aliphatic heterocycles. The molecule has 0 spiro atoms. The second-order valence-corrected chi connectivity index (χ2v) is 6.65. The quantitative estimate of drug-likeness (QED) is 0.923. The zero-order valence-corrected chi connectivity index (χ0v) is 14.0. The molecule has 2 aromatic rings. The molecule has 1 aliphatic carbocycles. The highest BCUT2D eigenvalue weighted by molar-refractivity contribution is 5.91. The summed E-state index contributed by atoms with van der Waals surface area (Å²) in [5.41, 5.74) is 0.942. The number of nitrogens with zero attached hydrogens (tertiary/aromatic N) is 5. The van der Waals surface area contributed by atoms with Gasteiger partial charge in [0, 0.05) is 31.5 Å². The van der Waals surface area contributed by atoms with Gasteiger partial charge in [-0.2, -0.15) is 5.10 Å². The lowest BCUT2D eigenvalue weighted by atomic mass is 9.90. The summed E-state index contributed by atoms with van der Waals surface area (Å²) < 4.78 is 9.65. The van der Waals surface area contributed by atoms with Crippen molar-refractivity contribution < 1.29 is 9.53 Å². The second-order valence-electron chi connectivity index (χ2n) is 6.65. The molecule has 1 amide bonds. The Labute approximate surface area is 140 Å². The third-order valence-corrected chi connectivity index (χ3v) is 4.73. The number of aromatic nitrogens is 5. The molecule has 2 fully saturated rings. The largest absolute Gasteiger partial charge is 0.373 e. The minimum absolute atomic E-state index is 0.0575. The summed E-state index contributed by atoms with van der Waals surface area (Å²) in [4.78, 5) is 12.9. The number of nitrogens with one attached hydrogen (secondary N) is 1. The van der Waals surface area contributed by atoms with Crippen molar-refractivity contribution in [2.75, 3.05) is 11.9 Å². The van der Waals surface area contributed by atoms with Crippen molar-refractivity contribution in [3.8, 4) is 0 Å². The number of aryl methyl sites for hydroxylation is 2. The van der Waals surface area contributed by atoms with Gasteiger partial charge in [-0.1, -0.05) is 0 Å². The van der Waals surface area contributed by atoms with Gasteiger partial charge in [0.25, 0.3) is 0 Å². The second kappa shape index (κ2) is 6.01. The van der Waals surface area contributed by atoms with Crippen LogP contribution in [0.4, 0.5) is 5.95 Å². The molecule has 8 nitrogen and oxygen atoms in total. The molecule has 0 aromatic carbocycles. The van der Waals surface area contributed by atoms with Crippen LogP contribution in [0.25, 0.3) is 0 Å². The monoisotopic (exact) mass is 330 g/mol. The van der Waals surface area contributed by atoms with Crippen LogP contribution >= 0.6 is 0 Å². The Balaban J connectivity index is 1.54. The fourth-order valence-electron chi connectivity index (χ4n) is 3.39. The Hall–Kier alpha value is -2.22. The van der Waals surface area contributed by atoms with Crippen LogP contribution < -0.4 is 5.32 Å². The number of rotatable bonds is 4. The highest BCUT2D eigenvalue weighted by Crippen LogP contribution is 2.38. The van der Waals surface area contributed by atoms with E-state index in [2.05, 4.69) is 20.6 Å². The van der Waals surface area contributed by atoms with E-state index in [0.717, 1.165) is 37.1 Å². The lowest BCUT2D eigenvalue weighted by Gasteiger charge is -2.30. The van der Waals surface area contributed by atoms with Gasteiger partial charge >= 0.3 is 0 Å². The summed E-state index contributed by atoms with van der Waals surface area (Å²) in [6, 6.07) is 0.423. The van der Waals surface area contributed by atoms with E-state index in [-0.39, 0.29) is 17.9 Å². The van der Waals surface area contributed by atoms with Crippen LogP contribution in [0.1, 0.15) is 49.2 Å². The van der Waals surface area contributed by atoms with Crippen molar-refractivity contribution in [3.63, 3.8) is 0 Å². The number of carbonyl (C=O) groups excluding carboxylic acids is 1. The average molecular weight is 330 g/mol. The molecule has 0 unspecified atom stereocenters. The van der Waals surface area contributed by atoms with Crippen molar-refractivity contribution >= 4 is 11.9 Å². The Morgan fingerprint density at radius 3 is 2.88 bits per heavy atom. The van der Waals surface area contributed by atoms with Crippen molar-refractivity contribution in [2.24, 2.45) is 13.0 Å². The first-order valence-corrected chi connectivity index (χ1v) is 8.46. The van der Waals surface area contributed by atoms with Gasteiger partial charge in [0.2, 0.25) is 11.9 Å². The highest BCUT2D eigenvalue weighted by Gasteiger charge is 2.35. The standard InChI is InChI=1S/C16H22N6O2/c1-10-19-20-16(22(10)12-5-6-12)18-15(23)13-4-3-7-24-14(13)11-8-17-21(2)9-11/h8-9,12-14H,3-7H2,1-2H3,(H,18,20,23)/t13-,14+/m1/s1. The Morgan fingerprint density at radius 1 is 1.33 bits per heavy atom. The molecule has 8 heteroatoms. The summed E-state index contributed by atoms with van der Waals surface area (Å²) in [5, 5.41) is 15.4. The Morgan fingerprint density at radius 2 is 2.17 bits per heavy atom. The van der Waals surface area contributed by atoms with Crippen molar-refractivity contribution in [2.45, 2.75) is 44.8 Å². The third-order valence-electron chi connectivity index (χ3n) is 4.73. The van der Waals surface area contributed by atoms with Crippen LogP contribution in [0.2, 0.25) is 0 Å². The zero-order chi connectivity index (χ0) is 16.7. The Kier molecular flexibility index (Phi) is 3.84. The predicted molar refractivity (Wildman–Crippen MR) is 86.3 cm³/mol. The van der Waals surface area contributed by atoms with Gasteiger partial charge in [-0.3, -0.25) is 19.4 Å². The van der Waals surface area contributed by atoms with Crippen LogP contribution in [-0.4, -0.2) is 37.1 Å². The minimum Gasteiger partial charge on any atom is -0.373 e. The van der Waals surface area contributed by atoms with Crippen LogP contribution in [0.15, 0.2) is 12.4 Å². The molecule has 1 saturated heterocycles. The van der Waals surface area contributed by atoms with Crippen LogP contribution in [0, 0.1) is 12.8 Å². The zero-order valence-electron chi connectivity index (χ0n) is 14.0. The van der Waals surface area contributed by atoms with E-state index in [1.54, 1.807) is 10.9 Å². The van der Waals surface area contributed by atoms with Crippen LogP contribution in [0.3, 0.4) is 0 Å². The summed E-state index contributed by atoms with van der Waals surface area (Å²) in [6.07, 6.45) is 7.33. The van der Waals surface area contributed by atoms with Gasteiger partial charge in [-0.15, -0.1) is 10.2 Å². The van der Waals surface area contributed by atoms with E-state index in [4.69, 9.17) is 4.74 Å². The molecule has 2 aliphatic rings. The van der Waals surface area contributed by atoms with Crippen molar-refractivity contribution in [3.05, 3.63) is 23.8 Å². The van der Waals surface area contributed by atoms with Gasteiger partial charge in [-0.05, 0) is 32.6 Å². The number of carbonyl (C=O) groups is 1. The van der Waals surface area contributed by atoms with Gasteiger partial charge < -0.3 is 4.74 Å². The van der Waals surface area contributed by atoms with Gasteiger partial charge in [0.15, 0.2) is 0 Å². The number of hydrogen-bond donors (Lipinski definition) is 1. The summed E-state index contributed by atoms with van der Waals surface area (Å²) in [6.45, 7) is 2.59. The number of hydrogen-bond acceptors (Lipinski definition) is 5. The normalized spacial score (nSPS) is 24.1. The van der Waals surface area contributed by atoms with Crippen LogP contribution in [0.5, 0.6) is 0 Å². The van der Waals surface area contributed by atoms with E-state index in [9.17, 15) is 4.79 Å². The Bertz CT molecular complexity index is 748. The van der Waals surface area contributed by atoms with Gasteiger partial charge in [0.1, 0.15) is 5.82 Å². The fraction of sp³-hybridized carbons (Fsp3) is 0.625. The number of anilines is 1. The van der Waals surface area contributed by atoms with Crippen molar-refractivity contribution in [1.82, 2.24) is 24.5 Å². The van der Waals surface area contributed by atoms with Gasteiger partial charge in [-0.25, -0.2) is 0 Å². The molecule has 128 valence electrons. The van der Waals surface area contributed by atoms with E-state index in [1.165, 1.54) is 0 Å². The highest BCUT2D eigenvalue weighted by atomic mass is 16.5. The predicted octanol–water partition coefficient (Wildman–Crippen LogP) is 1.76. The summed E-state index contributed by atoms with van der Waals surface area (Å²) in [5.74, 6) is 1.09. The molecule has 0 bridgehead atoms. The first kappa shape index (κ1) is 15.3. The number of ether oxygens (including phenoxy) is 1. The lowest BCUT2D eigenvalue weighted by molar-refractivity contribution is -0.129. The maximum atomic E-state index is 12.9. The first-order valence-electron chi connectivity index (χ1n) is 8.46. The lowest BCUT2D eigenvalue weighted by Crippen LogP contribution is -2.33. The third kappa shape index (κ3) is 2.82. The number of amides is 1. The summed E-state index contributed by atoms with van der Waals surface area (Å²) >= 11 is 0. The first-order chi connectivity index (χ1) is 11.6. The van der Waals surface area contributed by atoms with Gasteiger partial charge in [0.05, 0.1) is 18.2 Å². The molecular weight excluding hydrogens is 308 g/mol. The van der Waals surface area contributed by atoms with E-state index in [0.29, 0.717) is 18.6 Å². The van der Waals surface area contributed by atoms with E-state index < -0.39 is 0 Å². The maximum Gasteiger partial charge on any atom is 0.232 e. The topological polar surface area (TPSA) is 86.9 Å². The smallest absolute Gasteiger partial charge is 0.232 e. The van der Waals surface area contributed by atoms with E-state index >= 15 is 0 Å². The molecular formula is C16H22N6O2. The summed E-state index contributed by atoms with van der Waals surface area (Å²) in [7, 11) is 1.86. The van der Waals surface area contributed by atoms with E-state index in [1.807, 2.05) is 24.7 Å². The van der Waals surface area contributed by atoms with Crippen molar-refractivity contribution in [1.29, 1.82) is 0 Å². The average Bonchev–Trinajstić information content (AvgIpc) is 3.22. The van der Waals surface area contributed by atoms with Crippen LogP contribution in [-0.2, 0) is 16.6 Å². The molecule has 3 heterocycles. The molecule has 4 rings (SSSR count). The molecule has 2 atom stereocenters. The SMILES string of the molecule is Cc1nnc(NC(=O)[C@@H]2CCCO[C@H]2c2cnn(C)c2)n1C1CC1. The molecule has 2 aromatic heterocycles. The minimum atomic E-state index is -0.258. The molecule has 1 saturated carbocycles. The molecule has 1 N–H and O–H groups in total. The molecule has 24 heavy (non-hydrogen) atoms. The fourth-order valence-corrected chi connectivity index (χ4v) is 3.39. The molecule has 0 radical (unpaired) electrons. The maximum absolute atomic E-state index is 12.9.